The molecule has 0 saturated carbocycles. The van der Waals surface area contributed by atoms with E-state index < -0.39 is 0 Å². The molecule has 1 aromatic carbocycles. The summed E-state index contributed by atoms with van der Waals surface area (Å²) in [4.78, 5) is 25.6. The quantitative estimate of drug-likeness (QED) is 0.808. The van der Waals surface area contributed by atoms with Crippen molar-refractivity contribution in [1.82, 2.24) is 4.90 Å². The Bertz CT molecular complexity index is 600. The standard InChI is InChI=1S/C17H22N2O4/c1-3-9-23-14-7-6-12(10-15(14)22-2)17(21)19-8-4-5-13(11-19)16(18)20/h3,6-7,10,13H,1,4-5,8-9,11H2,2H3,(H2,18,20). The highest BCUT2D eigenvalue weighted by Crippen LogP contribution is 2.29. The zero-order valence-corrected chi connectivity index (χ0v) is 13.3. The van der Waals surface area contributed by atoms with Crippen molar-refractivity contribution >= 4 is 11.8 Å². The zero-order chi connectivity index (χ0) is 16.8. The van der Waals surface area contributed by atoms with Gasteiger partial charge in [0.1, 0.15) is 6.61 Å². The number of rotatable bonds is 6. The average Bonchev–Trinajstić information content (AvgIpc) is 2.59. The molecule has 6 heteroatoms. The van der Waals surface area contributed by atoms with Gasteiger partial charge in [-0.2, -0.15) is 0 Å². The molecule has 1 atom stereocenters. The summed E-state index contributed by atoms with van der Waals surface area (Å²) in [7, 11) is 1.52. The first-order chi connectivity index (χ1) is 11.1. The molecule has 1 aliphatic rings. The van der Waals surface area contributed by atoms with Gasteiger partial charge in [0.25, 0.3) is 5.91 Å². The van der Waals surface area contributed by atoms with E-state index >= 15 is 0 Å². The van der Waals surface area contributed by atoms with E-state index in [1.165, 1.54) is 7.11 Å². The Kier molecular flexibility index (Phi) is 5.62. The lowest BCUT2D eigenvalue weighted by molar-refractivity contribution is -0.123. The Morgan fingerprint density at radius 2 is 2.22 bits per heavy atom. The number of nitrogens with zero attached hydrogens (tertiary/aromatic N) is 1. The van der Waals surface area contributed by atoms with Crippen LogP contribution in [0.3, 0.4) is 0 Å². The van der Waals surface area contributed by atoms with Crippen molar-refractivity contribution in [3.05, 3.63) is 36.4 Å². The third-order valence-corrected chi connectivity index (χ3v) is 3.88. The summed E-state index contributed by atoms with van der Waals surface area (Å²) in [6.07, 6.45) is 3.14. The van der Waals surface area contributed by atoms with Gasteiger partial charge in [-0.05, 0) is 31.0 Å². The summed E-state index contributed by atoms with van der Waals surface area (Å²) in [5, 5.41) is 0. The van der Waals surface area contributed by atoms with Crippen LogP contribution >= 0.6 is 0 Å². The predicted molar refractivity (Wildman–Crippen MR) is 86.5 cm³/mol. The third kappa shape index (κ3) is 4.03. The molecule has 0 aromatic heterocycles. The molecule has 6 nitrogen and oxygen atoms in total. The summed E-state index contributed by atoms with van der Waals surface area (Å²) in [5.74, 6) is 0.279. The number of nitrogens with two attached hydrogens (primary N) is 1. The number of hydrogen-bond donors (Lipinski definition) is 1. The van der Waals surface area contributed by atoms with Gasteiger partial charge in [0.05, 0.1) is 13.0 Å². The van der Waals surface area contributed by atoms with Crippen molar-refractivity contribution in [3.8, 4) is 11.5 Å². The molecular formula is C17H22N2O4. The number of primary amides is 1. The van der Waals surface area contributed by atoms with Crippen LogP contribution in [0.15, 0.2) is 30.9 Å². The number of hydrogen-bond acceptors (Lipinski definition) is 4. The minimum Gasteiger partial charge on any atom is -0.493 e. The lowest BCUT2D eigenvalue weighted by Crippen LogP contribution is -2.44. The normalized spacial score (nSPS) is 17.4. The largest absolute Gasteiger partial charge is 0.493 e. The summed E-state index contributed by atoms with van der Waals surface area (Å²) in [5.41, 5.74) is 5.86. The highest BCUT2D eigenvalue weighted by molar-refractivity contribution is 5.95. The van der Waals surface area contributed by atoms with Crippen LogP contribution < -0.4 is 15.2 Å². The van der Waals surface area contributed by atoms with Gasteiger partial charge in [-0.1, -0.05) is 12.7 Å². The zero-order valence-electron chi connectivity index (χ0n) is 13.3. The number of carbonyl (C=O) groups is 2. The fraction of sp³-hybridized carbons (Fsp3) is 0.412. The number of piperidine rings is 1. The first-order valence-electron chi connectivity index (χ1n) is 7.57. The number of methoxy groups -OCH3 is 1. The molecule has 0 spiro atoms. The number of amides is 2. The Labute approximate surface area is 135 Å². The molecule has 23 heavy (non-hydrogen) atoms. The van der Waals surface area contributed by atoms with Gasteiger partial charge < -0.3 is 20.1 Å². The average molecular weight is 318 g/mol. The summed E-state index contributed by atoms with van der Waals surface area (Å²) >= 11 is 0. The van der Waals surface area contributed by atoms with E-state index in [2.05, 4.69) is 6.58 Å². The van der Waals surface area contributed by atoms with E-state index in [1.54, 1.807) is 29.2 Å². The molecule has 2 amide bonds. The minimum absolute atomic E-state index is 0.135. The fourth-order valence-corrected chi connectivity index (χ4v) is 2.64. The van der Waals surface area contributed by atoms with Crippen molar-refractivity contribution in [1.29, 1.82) is 0 Å². The van der Waals surface area contributed by atoms with Crippen LogP contribution in [0, 0.1) is 5.92 Å². The molecule has 0 bridgehead atoms. The third-order valence-electron chi connectivity index (χ3n) is 3.88. The SMILES string of the molecule is C=CCOc1ccc(C(=O)N2CCCC(C(N)=O)C2)cc1OC. The molecule has 0 radical (unpaired) electrons. The lowest BCUT2D eigenvalue weighted by atomic mass is 9.97. The van der Waals surface area contributed by atoms with E-state index in [0.29, 0.717) is 36.8 Å². The fourth-order valence-electron chi connectivity index (χ4n) is 2.64. The van der Waals surface area contributed by atoms with Crippen molar-refractivity contribution < 1.29 is 19.1 Å². The molecule has 2 N–H and O–H groups in total. The first kappa shape index (κ1) is 16.9. The van der Waals surface area contributed by atoms with Crippen molar-refractivity contribution in [2.24, 2.45) is 11.7 Å². The van der Waals surface area contributed by atoms with Crippen LogP contribution in [0.2, 0.25) is 0 Å². The molecule has 1 aliphatic heterocycles. The van der Waals surface area contributed by atoms with E-state index in [9.17, 15) is 9.59 Å². The topological polar surface area (TPSA) is 81.9 Å². The molecule has 0 aliphatic carbocycles. The first-order valence-corrected chi connectivity index (χ1v) is 7.57. The second-order valence-electron chi connectivity index (χ2n) is 5.46. The Balaban J connectivity index is 2.15. The second-order valence-corrected chi connectivity index (χ2v) is 5.46. The van der Waals surface area contributed by atoms with Gasteiger partial charge in [-0.3, -0.25) is 9.59 Å². The molecule has 1 heterocycles. The Morgan fingerprint density at radius 1 is 1.43 bits per heavy atom. The summed E-state index contributed by atoms with van der Waals surface area (Å²) < 4.78 is 10.8. The van der Waals surface area contributed by atoms with E-state index in [4.69, 9.17) is 15.2 Å². The maximum absolute atomic E-state index is 12.6. The molecule has 1 fully saturated rings. The molecular weight excluding hydrogens is 296 g/mol. The number of ether oxygens (including phenoxy) is 2. The maximum atomic E-state index is 12.6. The van der Waals surface area contributed by atoms with Gasteiger partial charge in [0.2, 0.25) is 5.91 Å². The highest BCUT2D eigenvalue weighted by atomic mass is 16.5. The molecule has 1 aromatic rings. The van der Waals surface area contributed by atoms with Gasteiger partial charge in [-0.15, -0.1) is 0 Å². The number of carbonyl (C=O) groups excluding carboxylic acids is 2. The lowest BCUT2D eigenvalue weighted by Gasteiger charge is -2.31. The van der Waals surface area contributed by atoms with Crippen molar-refractivity contribution in [3.63, 3.8) is 0 Å². The predicted octanol–water partition coefficient (Wildman–Crippen LogP) is 1.60. The van der Waals surface area contributed by atoms with Gasteiger partial charge in [0, 0.05) is 18.7 Å². The number of benzene rings is 1. The van der Waals surface area contributed by atoms with Gasteiger partial charge in [0.15, 0.2) is 11.5 Å². The van der Waals surface area contributed by atoms with Crippen LogP contribution in [0.1, 0.15) is 23.2 Å². The minimum atomic E-state index is -0.353. The van der Waals surface area contributed by atoms with E-state index in [-0.39, 0.29) is 17.7 Å². The molecule has 1 unspecified atom stereocenters. The summed E-state index contributed by atoms with van der Waals surface area (Å²) in [6, 6.07) is 5.04. The van der Waals surface area contributed by atoms with Crippen LogP contribution in [0.4, 0.5) is 0 Å². The van der Waals surface area contributed by atoms with Gasteiger partial charge in [-0.25, -0.2) is 0 Å². The maximum Gasteiger partial charge on any atom is 0.254 e. The molecule has 124 valence electrons. The number of likely N-dealkylation sites (tertiary alicyclic amines) is 1. The molecule has 2 rings (SSSR count). The van der Waals surface area contributed by atoms with Crippen LogP contribution in [-0.4, -0.2) is 43.5 Å². The van der Waals surface area contributed by atoms with Crippen molar-refractivity contribution in [2.45, 2.75) is 12.8 Å². The Morgan fingerprint density at radius 3 is 2.87 bits per heavy atom. The Hall–Kier alpha value is -2.50. The summed E-state index contributed by atoms with van der Waals surface area (Å²) in [6.45, 7) is 4.94. The highest BCUT2D eigenvalue weighted by Gasteiger charge is 2.27. The van der Waals surface area contributed by atoms with Crippen molar-refractivity contribution in [2.75, 3.05) is 26.8 Å². The van der Waals surface area contributed by atoms with E-state index in [0.717, 1.165) is 12.8 Å². The smallest absolute Gasteiger partial charge is 0.254 e. The monoisotopic (exact) mass is 318 g/mol. The molecule has 1 saturated heterocycles. The van der Waals surface area contributed by atoms with Crippen LogP contribution in [0.5, 0.6) is 11.5 Å². The van der Waals surface area contributed by atoms with Gasteiger partial charge >= 0.3 is 0 Å². The second kappa shape index (κ2) is 7.67. The van der Waals surface area contributed by atoms with Crippen LogP contribution in [0.25, 0.3) is 0 Å². The van der Waals surface area contributed by atoms with E-state index in [1.807, 2.05) is 0 Å². The van der Waals surface area contributed by atoms with Crippen LogP contribution in [-0.2, 0) is 4.79 Å².